The molecule has 0 aliphatic heterocycles. The molecule has 0 saturated heterocycles. The zero-order chi connectivity index (χ0) is 19.8. The zero-order valence-electron chi connectivity index (χ0n) is 15.1. The minimum absolute atomic E-state index is 0.0606. The van der Waals surface area contributed by atoms with Gasteiger partial charge in [-0.3, -0.25) is 0 Å². The van der Waals surface area contributed by atoms with Crippen molar-refractivity contribution in [3.8, 4) is 6.07 Å². The first kappa shape index (κ1) is 19.1. The largest absolute Gasteiger partial charge is 0.365 e. The van der Waals surface area contributed by atoms with Crippen LogP contribution >= 0.6 is 27.5 Å². The standard InChI is InChI=1S/C19H17BrClFN6/c1-10(12-3-2-4-12)24-17-16-18(26-15(8-23)25-17)27-19(20)28(16)9-11-5-6-13(21)14(22)7-11/h5-7,10,12H,2-4,9H2,1H3,(H,24,25,26). The Labute approximate surface area is 174 Å². The Morgan fingerprint density at radius 1 is 1.39 bits per heavy atom. The number of nitrogens with zero attached hydrogens (tertiary/aromatic N) is 5. The Balaban J connectivity index is 1.78. The van der Waals surface area contributed by atoms with Crippen molar-refractivity contribution in [1.29, 1.82) is 5.26 Å². The molecule has 3 aromatic rings. The van der Waals surface area contributed by atoms with Crippen LogP contribution in [0.5, 0.6) is 0 Å². The fourth-order valence-corrected chi connectivity index (χ4v) is 3.99. The summed E-state index contributed by atoms with van der Waals surface area (Å²) in [6.45, 7) is 2.47. The van der Waals surface area contributed by atoms with Crippen LogP contribution < -0.4 is 5.32 Å². The molecular formula is C19H17BrClFN6. The SMILES string of the molecule is CC(Nc1nc(C#N)nc2nc(Br)n(Cc3ccc(Cl)c(F)c3)c12)C1CCC1. The summed E-state index contributed by atoms with van der Waals surface area (Å²) in [6, 6.07) is 6.90. The minimum atomic E-state index is -0.473. The van der Waals surface area contributed by atoms with Crippen molar-refractivity contribution in [2.24, 2.45) is 5.92 Å². The van der Waals surface area contributed by atoms with Gasteiger partial charge in [0.15, 0.2) is 16.2 Å². The molecule has 1 aliphatic carbocycles. The highest BCUT2D eigenvalue weighted by atomic mass is 79.9. The number of anilines is 1. The molecule has 4 rings (SSSR count). The summed E-state index contributed by atoms with van der Waals surface area (Å²) in [4.78, 5) is 13.0. The van der Waals surface area contributed by atoms with Crippen LogP contribution in [-0.4, -0.2) is 25.6 Å². The van der Waals surface area contributed by atoms with Crippen molar-refractivity contribution in [2.45, 2.75) is 38.8 Å². The third kappa shape index (κ3) is 3.56. The summed E-state index contributed by atoms with van der Waals surface area (Å²) in [5, 5.41) is 12.8. The third-order valence-corrected chi connectivity index (χ3v) is 6.11. The highest BCUT2D eigenvalue weighted by molar-refractivity contribution is 9.10. The van der Waals surface area contributed by atoms with E-state index in [4.69, 9.17) is 11.6 Å². The van der Waals surface area contributed by atoms with E-state index in [0.29, 0.717) is 34.2 Å². The minimum Gasteiger partial charge on any atom is -0.365 e. The van der Waals surface area contributed by atoms with Gasteiger partial charge in [-0.2, -0.15) is 15.2 Å². The average molecular weight is 464 g/mol. The molecule has 1 fully saturated rings. The van der Waals surface area contributed by atoms with E-state index in [1.807, 2.05) is 10.6 Å². The maximum Gasteiger partial charge on any atom is 0.236 e. The topological polar surface area (TPSA) is 79.4 Å². The lowest BCUT2D eigenvalue weighted by molar-refractivity contribution is 0.285. The van der Waals surface area contributed by atoms with Gasteiger partial charge in [0, 0.05) is 6.04 Å². The van der Waals surface area contributed by atoms with E-state index in [9.17, 15) is 9.65 Å². The smallest absolute Gasteiger partial charge is 0.236 e. The van der Waals surface area contributed by atoms with E-state index in [2.05, 4.69) is 43.1 Å². The lowest BCUT2D eigenvalue weighted by Gasteiger charge is -2.32. The Morgan fingerprint density at radius 3 is 2.82 bits per heavy atom. The first-order valence-electron chi connectivity index (χ1n) is 9.00. The normalized spacial score (nSPS) is 15.2. The van der Waals surface area contributed by atoms with Crippen LogP contribution in [0.1, 0.15) is 37.6 Å². The van der Waals surface area contributed by atoms with Gasteiger partial charge in [-0.05, 0) is 59.3 Å². The predicted octanol–water partition coefficient (Wildman–Crippen LogP) is 4.90. The summed E-state index contributed by atoms with van der Waals surface area (Å²) in [5.74, 6) is 0.736. The quantitative estimate of drug-likeness (QED) is 0.544. The summed E-state index contributed by atoms with van der Waals surface area (Å²) in [7, 11) is 0. The molecule has 1 N–H and O–H groups in total. The van der Waals surface area contributed by atoms with Gasteiger partial charge in [-0.15, -0.1) is 0 Å². The van der Waals surface area contributed by atoms with Gasteiger partial charge in [0.25, 0.3) is 0 Å². The van der Waals surface area contributed by atoms with Crippen LogP contribution in [0.25, 0.3) is 11.2 Å². The second-order valence-electron chi connectivity index (χ2n) is 7.02. The lowest BCUT2D eigenvalue weighted by Crippen LogP contribution is -2.31. The van der Waals surface area contributed by atoms with Crippen LogP contribution in [0, 0.1) is 23.1 Å². The number of hydrogen-bond acceptors (Lipinski definition) is 5. The molecule has 1 unspecified atom stereocenters. The van der Waals surface area contributed by atoms with E-state index in [0.717, 1.165) is 5.56 Å². The molecular weight excluding hydrogens is 447 g/mol. The summed E-state index contributed by atoms with van der Waals surface area (Å²) in [6.07, 6.45) is 3.60. The number of rotatable bonds is 5. The van der Waals surface area contributed by atoms with Crippen molar-refractivity contribution >= 4 is 44.5 Å². The van der Waals surface area contributed by atoms with Gasteiger partial charge < -0.3 is 9.88 Å². The fourth-order valence-electron chi connectivity index (χ4n) is 3.40. The summed E-state index contributed by atoms with van der Waals surface area (Å²) in [5.41, 5.74) is 1.81. The van der Waals surface area contributed by atoms with Gasteiger partial charge in [0.2, 0.25) is 5.82 Å². The van der Waals surface area contributed by atoms with E-state index < -0.39 is 5.82 Å². The lowest BCUT2D eigenvalue weighted by atomic mass is 9.80. The first-order valence-corrected chi connectivity index (χ1v) is 10.2. The molecule has 0 radical (unpaired) electrons. The van der Waals surface area contributed by atoms with Crippen molar-refractivity contribution < 1.29 is 4.39 Å². The molecule has 2 aromatic heterocycles. The molecule has 1 aromatic carbocycles. The van der Waals surface area contributed by atoms with Crippen LogP contribution in [-0.2, 0) is 6.54 Å². The molecule has 2 heterocycles. The highest BCUT2D eigenvalue weighted by Crippen LogP contribution is 2.33. The summed E-state index contributed by atoms with van der Waals surface area (Å²) < 4.78 is 16.3. The van der Waals surface area contributed by atoms with E-state index in [1.165, 1.54) is 31.4 Å². The van der Waals surface area contributed by atoms with E-state index in [-0.39, 0.29) is 16.9 Å². The number of imidazole rings is 1. The number of nitriles is 1. The molecule has 6 nitrogen and oxygen atoms in total. The maximum absolute atomic E-state index is 13.9. The number of fused-ring (bicyclic) bond motifs is 1. The molecule has 0 amide bonds. The fraction of sp³-hybridized carbons (Fsp3) is 0.368. The second kappa shape index (κ2) is 7.64. The highest BCUT2D eigenvalue weighted by Gasteiger charge is 2.26. The molecule has 0 spiro atoms. The van der Waals surface area contributed by atoms with E-state index >= 15 is 0 Å². The van der Waals surface area contributed by atoms with Gasteiger partial charge >= 0.3 is 0 Å². The number of benzene rings is 1. The number of halogens is 3. The van der Waals surface area contributed by atoms with Gasteiger partial charge in [-0.25, -0.2) is 9.37 Å². The molecule has 1 aliphatic rings. The van der Waals surface area contributed by atoms with Crippen molar-refractivity contribution in [3.63, 3.8) is 0 Å². The van der Waals surface area contributed by atoms with Crippen LogP contribution in [0.2, 0.25) is 5.02 Å². The first-order chi connectivity index (χ1) is 13.5. The molecule has 28 heavy (non-hydrogen) atoms. The van der Waals surface area contributed by atoms with Crippen molar-refractivity contribution in [1.82, 2.24) is 19.5 Å². The van der Waals surface area contributed by atoms with E-state index in [1.54, 1.807) is 6.07 Å². The molecule has 144 valence electrons. The molecule has 0 bridgehead atoms. The summed E-state index contributed by atoms with van der Waals surface area (Å²) >= 11 is 9.24. The Kier molecular flexibility index (Phi) is 5.21. The second-order valence-corrected chi connectivity index (χ2v) is 8.14. The Morgan fingerprint density at radius 2 is 2.18 bits per heavy atom. The Hall–Kier alpha value is -2.24. The van der Waals surface area contributed by atoms with Gasteiger partial charge in [0.05, 0.1) is 11.6 Å². The third-order valence-electron chi connectivity index (χ3n) is 5.20. The van der Waals surface area contributed by atoms with Crippen LogP contribution in [0.3, 0.4) is 0 Å². The van der Waals surface area contributed by atoms with Crippen molar-refractivity contribution in [3.05, 3.63) is 45.2 Å². The molecule has 1 saturated carbocycles. The average Bonchev–Trinajstić information content (AvgIpc) is 2.92. The zero-order valence-corrected chi connectivity index (χ0v) is 17.4. The molecule has 1 atom stereocenters. The number of aromatic nitrogens is 4. The number of nitrogens with one attached hydrogen (secondary N) is 1. The van der Waals surface area contributed by atoms with Gasteiger partial charge in [-0.1, -0.05) is 24.1 Å². The van der Waals surface area contributed by atoms with Crippen molar-refractivity contribution in [2.75, 3.05) is 5.32 Å². The Bertz CT molecular complexity index is 1090. The van der Waals surface area contributed by atoms with Crippen LogP contribution in [0.4, 0.5) is 10.2 Å². The maximum atomic E-state index is 13.9. The molecule has 9 heteroatoms. The van der Waals surface area contributed by atoms with Crippen LogP contribution in [0.15, 0.2) is 22.9 Å². The number of hydrogen-bond donors (Lipinski definition) is 1. The monoisotopic (exact) mass is 462 g/mol. The van der Waals surface area contributed by atoms with Gasteiger partial charge in [0.1, 0.15) is 17.4 Å². The predicted molar refractivity (Wildman–Crippen MR) is 109 cm³/mol.